The van der Waals surface area contributed by atoms with Crippen molar-refractivity contribution >= 4 is 0 Å². The molecule has 3 heteroatoms. The Labute approximate surface area is 113 Å². The van der Waals surface area contributed by atoms with Gasteiger partial charge in [0.2, 0.25) is 0 Å². The Bertz CT molecular complexity index is 449. The van der Waals surface area contributed by atoms with Gasteiger partial charge in [-0.25, -0.2) is 8.78 Å². The van der Waals surface area contributed by atoms with E-state index in [1.807, 2.05) is 0 Å². The lowest BCUT2D eigenvalue weighted by molar-refractivity contribution is -0.00862. The summed E-state index contributed by atoms with van der Waals surface area (Å²) in [6.45, 7) is 0.484. The molecule has 0 aromatic heterocycles. The number of nitrogens with two attached hydrogens (primary N) is 1. The second kappa shape index (κ2) is 4.55. The Balaban J connectivity index is 1.85. The van der Waals surface area contributed by atoms with Crippen molar-refractivity contribution < 1.29 is 8.78 Å². The predicted molar refractivity (Wildman–Crippen MR) is 71.8 cm³/mol. The standard InChI is InChI=1S/C16H21F2N/c17-13-6-12(7-14(18)8-13)16(11-19)9-15(10-16)4-2-1-3-5-15/h6-8H,1-5,9-11,19H2. The summed E-state index contributed by atoms with van der Waals surface area (Å²) in [5.74, 6) is -0.986. The molecule has 0 heterocycles. The molecule has 2 aliphatic rings. The molecule has 2 fully saturated rings. The Kier molecular flexibility index (Phi) is 3.12. The molecule has 2 aliphatic carbocycles. The molecule has 1 spiro atoms. The van der Waals surface area contributed by atoms with Crippen molar-refractivity contribution in [3.8, 4) is 0 Å². The van der Waals surface area contributed by atoms with Crippen LogP contribution in [0.4, 0.5) is 8.78 Å². The molecule has 0 radical (unpaired) electrons. The second-order valence-corrected chi connectivity index (χ2v) is 6.56. The first-order valence-corrected chi connectivity index (χ1v) is 7.24. The molecule has 0 aliphatic heterocycles. The lowest BCUT2D eigenvalue weighted by Gasteiger charge is -2.58. The van der Waals surface area contributed by atoms with Crippen LogP contribution in [-0.4, -0.2) is 6.54 Å². The van der Waals surface area contributed by atoms with Gasteiger partial charge in [-0.2, -0.15) is 0 Å². The quantitative estimate of drug-likeness (QED) is 0.862. The fourth-order valence-corrected chi connectivity index (χ4v) is 4.37. The molecule has 0 saturated heterocycles. The Morgan fingerprint density at radius 3 is 2.05 bits per heavy atom. The predicted octanol–water partition coefficient (Wildman–Crippen LogP) is 3.91. The highest BCUT2D eigenvalue weighted by Crippen LogP contribution is 2.61. The maximum atomic E-state index is 13.4. The third-order valence-corrected chi connectivity index (χ3v) is 5.21. The van der Waals surface area contributed by atoms with Crippen molar-refractivity contribution in [3.63, 3.8) is 0 Å². The van der Waals surface area contributed by atoms with Gasteiger partial charge in [-0.15, -0.1) is 0 Å². The van der Waals surface area contributed by atoms with Gasteiger partial charge in [-0.1, -0.05) is 19.3 Å². The molecular formula is C16H21F2N. The van der Waals surface area contributed by atoms with Crippen molar-refractivity contribution in [1.29, 1.82) is 0 Å². The topological polar surface area (TPSA) is 26.0 Å². The SMILES string of the molecule is NCC1(c2cc(F)cc(F)c2)CC2(CCCCC2)C1. The summed E-state index contributed by atoms with van der Waals surface area (Å²) in [6, 6.07) is 3.86. The van der Waals surface area contributed by atoms with E-state index in [1.165, 1.54) is 44.2 Å². The summed E-state index contributed by atoms with van der Waals surface area (Å²) in [4.78, 5) is 0. The molecule has 2 N–H and O–H groups in total. The minimum Gasteiger partial charge on any atom is -0.330 e. The third kappa shape index (κ3) is 2.18. The van der Waals surface area contributed by atoms with Gasteiger partial charge >= 0.3 is 0 Å². The Hall–Kier alpha value is -0.960. The summed E-state index contributed by atoms with van der Waals surface area (Å²) < 4.78 is 26.8. The normalized spacial score (nSPS) is 24.2. The Morgan fingerprint density at radius 1 is 0.947 bits per heavy atom. The zero-order chi connectivity index (χ0) is 13.5. The maximum absolute atomic E-state index is 13.4. The van der Waals surface area contributed by atoms with Crippen molar-refractivity contribution in [3.05, 3.63) is 35.4 Å². The largest absolute Gasteiger partial charge is 0.330 e. The molecule has 3 rings (SSSR count). The van der Waals surface area contributed by atoms with Crippen molar-refractivity contribution in [2.75, 3.05) is 6.54 Å². The van der Waals surface area contributed by atoms with Crippen LogP contribution >= 0.6 is 0 Å². The van der Waals surface area contributed by atoms with E-state index in [1.54, 1.807) is 0 Å². The smallest absolute Gasteiger partial charge is 0.126 e. The van der Waals surface area contributed by atoms with Crippen LogP contribution in [0.25, 0.3) is 0 Å². The van der Waals surface area contributed by atoms with Gasteiger partial charge in [-0.05, 0) is 48.8 Å². The summed E-state index contributed by atoms with van der Waals surface area (Å²) >= 11 is 0. The molecule has 2 saturated carbocycles. The van der Waals surface area contributed by atoms with E-state index in [0.29, 0.717) is 12.0 Å². The van der Waals surface area contributed by atoms with Crippen molar-refractivity contribution in [2.24, 2.45) is 11.1 Å². The van der Waals surface area contributed by atoms with E-state index in [0.717, 1.165) is 24.5 Å². The summed E-state index contributed by atoms with van der Waals surface area (Å²) in [7, 11) is 0. The van der Waals surface area contributed by atoms with Crippen LogP contribution in [0.3, 0.4) is 0 Å². The minimum atomic E-state index is -0.493. The molecular weight excluding hydrogens is 244 g/mol. The average molecular weight is 265 g/mol. The fraction of sp³-hybridized carbons (Fsp3) is 0.625. The van der Waals surface area contributed by atoms with Gasteiger partial charge in [0.05, 0.1) is 0 Å². The van der Waals surface area contributed by atoms with Crippen LogP contribution in [0.15, 0.2) is 18.2 Å². The first-order chi connectivity index (χ1) is 9.07. The number of hydrogen-bond donors (Lipinski definition) is 1. The highest BCUT2D eigenvalue weighted by Gasteiger charge is 2.54. The van der Waals surface area contributed by atoms with Gasteiger partial charge in [0, 0.05) is 18.0 Å². The number of halogens is 2. The van der Waals surface area contributed by atoms with Crippen LogP contribution in [-0.2, 0) is 5.41 Å². The van der Waals surface area contributed by atoms with E-state index < -0.39 is 11.6 Å². The van der Waals surface area contributed by atoms with E-state index >= 15 is 0 Å². The zero-order valence-electron chi connectivity index (χ0n) is 11.2. The molecule has 19 heavy (non-hydrogen) atoms. The van der Waals surface area contributed by atoms with Gasteiger partial charge in [0.1, 0.15) is 11.6 Å². The molecule has 104 valence electrons. The van der Waals surface area contributed by atoms with Crippen LogP contribution in [0.5, 0.6) is 0 Å². The molecule has 0 bridgehead atoms. The van der Waals surface area contributed by atoms with E-state index in [9.17, 15) is 8.78 Å². The van der Waals surface area contributed by atoms with E-state index in [4.69, 9.17) is 5.73 Å². The first kappa shape index (κ1) is 13.0. The fourth-order valence-electron chi connectivity index (χ4n) is 4.37. The highest BCUT2D eigenvalue weighted by atomic mass is 19.1. The Morgan fingerprint density at radius 2 is 1.53 bits per heavy atom. The zero-order valence-corrected chi connectivity index (χ0v) is 11.2. The molecule has 1 aromatic rings. The molecule has 1 aromatic carbocycles. The number of benzene rings is 1. The van der Waals surface area contributed by atoms with Crippen LogP contribution in [0, 0.1) is 17.0 Å². The highest BCUT2D eigenvalue weighted by molar-refractivity contribution is 5.32. The summed E-state index contributed by atoms with van der Waals surface area (Å²) in [5.41, 5.74) is 6.91. The number of hydrogen-bond acceptors (Lipinski definition) is 1. The van der Waals surface area contributed by atoms with Crippen LogP contribution in [0.2, 0.25) is 0 Å². The van der Waals surface area contributed by atoms with Gasteiger partial charge in [-0.3, -0.25) is 0 Å². The van der Waals surface area contributed by atoms with Gasteiger partial charge in [0.25, 0.3) is 0 Å². The lowest BCUT2D eigenvalue weighted by atomic mass is 9.46. The minimum absolute atomic E-state index is 0.194. The molecule has 1 nitrogen and oxygen atoms in total. The summed E-state index contributed by atoms with van der Waals surface area (Å²) in [6.07, 6.45) is 8.42. The third-order valence-electron chi connectivity index (χ3n) is 5.21. The first-order valence-electron chi connectivity index (χ1n) is 7.24. The van der Waals surface area contributed by atoms with Crippen LogP contribution in [0.1, 0.15) is 50.5 Å². The van der Waals surface area contributed by atoms with Gasteiger partial charge in [0.15, 0.2) is 0 Å². The van der Waals surface area contributed by atoms with E-state index in [2.05, 4.69) is 0 Å². The molecule has 0 amide bonds. The molecule has 0 unspecified atom stereocenters. The van der Waals surface area contributed by atoms with E-state index in [-0.39, 0.29) is 5.41 Å². The van der Waals surface area contributed by atoms with Crippen molar-refractivity contribution in [2.45, 2.75) is 50.4 Å². The molecule has 0 atom stereocenters. The maximum Gasteiger partial charge on any atom is 0.126 e. The van der Waals surface area contributed by atoms with Crippen LogP contribution < -0.4 is 5.73 Å². The lowest BCUT2D eigenvalue weighted by Crippen LogP contribution is -2.54. The number of rotatable bonds is 2. The van der Waals surface area contributed by atoms with Crippen molar-refractivity contribution in [1.82, 2.24) is 0 Å². The van der Waals surface area contributed by atoms with Gasteiger partial charge < -0.3 is 5.73 Å². The monoisotopic (exact) mass is 265 g/mol. The second-order valence-electron chi connectivity index (χ2n) is 6.56. The average Bonchev–Trinajstić information content (AvgIpc) is 2.35. The summed E-state index contributed by atoms with van der Waals surface area (Å²) in [5, 5.41) is 0.